The quantitative estimate of drug-likeness (QED) is 0.948. The van der Waals surface area contributed by atoms with Crippen molar-refractivity contribution in [3.63, 3.8) is 0 Å². The Morgan fingerprint density at radius 2 is 2.40 bits per heavy atom. The zero-order chi connectivity index (χ0) is 14.1. The van der Waals surface area contributed by atoms with Crippen molar-refractivity contribution < 1.29 is 4.79 Å². The van der Waals surface area contributed by atoms with E-state index < -0.39 is 0 Å². The topological polar surface area (TPSA) is 59.2 Å². The van der Waals surface area contributed by atoms with Gasteiger partial charge in [-0.1, -0.05) is 6.07 Å². The van der Waals surface area contributed by atoms with Crippen molar-refractivity contribution >= 4 is 28.6 Å². The highest BCUT2D eigenvalue weighted by Crippen LogP contribution is 2.29. The lowest BCUT2D eigenvalue weighted by atomic mass is 10.1. The zero-order valence-electron chi connectivity index (χ0n) is 11.3. The third-order valence-electron chi connectivity index (χ3n) is 3.71. The molecule has 0 radical (unpaired) electrons. The van der Waals surface area contributed by atoms with Gasteiger partial charge in [0.1, 0.15) is 10.7 Å². The van der Waals surface area contributed by atoms with E-state index in [1.807, 2.05) is 27.8 Å². The molecule has 0 aromatic carbocycles. The zero-order valence-corrected chi connectivity index (χ0v) is 12.9. The van der Waals surface area contributed by atoms with Gasteiger partial charge in [0.05, 0.1) is 4.88 Å². The van der Waals surface area contributed by atoms with E-state index in [-0.39, 0.29) is 11.9 Å². The number of carbonyl (C=O) groups excluding carboxylic acids is 1. The van der Waals surface area contributed by atoms with Crippen LogP contribution in [0.15, 0.2) is 22.9 Å². The van der Waals surface area contributed by atoms with Gasteiger partial charge in [0.2, 0.25) is 0 Å². The maximum atomic E-state index is 12.5. The number of thiophene rings is 1. The smallest absolute Gasteiger partial charge is 0.273 e. The van der Waals surface area contributed by atoms with Gasteiger partial charge in [-0.25, -0.2) is 4.98 Å². The first-order valence-electron chi connectivity index (χ1n) is 6.69. The predicted octanol–water partition coefficient (Wildman–Crippen LogP) is 2.68. The molecule has 2 aromatic heterocycles. The molecule has 1 aliphatic rings. The first-order valence-corrected chi connectivity index (χ1v) is 8.45. The molecule has 20 heavy (non-hydrogen) atoms. The maximum Gasteiger partial charge on any atom is 0.273 e. The van der Waals surface area contributed by atoms with E-state index in [1.165, 1.54) is 11.3 Å². The fourth-order valence-corrected chi connectivity index (χ4v) is 4.24. The van der Waals surface area contributed by atoms with Crippen LogP contribution in [0.5, 0.6) is 0 Å². The van der Waals surface area contributed by atoms with E-state index in [2.05, 4.69) is 11.9 Å². The molecule has 1 aliphatic heterocycles. The van der Waals surface area contributed by atoms with E-state index in [1.54, 1.807) is 11.3 Å². The van der Waals surface area contributed by atoms with Crippen LogP contribution < -0.4 is 5.73 Å². The van der Waals surface area contributed by atoms with Gasteiger partial charge >= 0.3 is 0 Å². The van der Waals surface area contributed by atoms with Crippen LogP contribution in [-0.4, -0.2) is 34.9 Å². The van der Waals surface area contributed by atoms with Crippen molar-refractivity contribution in [2.75, 3.05) is 13.1 Å². The molecular formula is C14H17N3OS2. The number of thiazole rings is 1. The molecule has 2 atom stereocenters. The number of hydrogen-bond acceptors (Lipinski definition) is 5. The number of aromatic nitrogens is 1. The fourth-order valence-electron chi connectivity index (χ4n) is 2.63. The van der Waals surface area contributed by atoms with Gasteiger partial charge in [0.15, 0.2) is 0 Å². The van der Waals surface area contributed by atoms with Crippen LogP contribution in [0.4, 0.5) is 0 Å². The summed E-state index contributed by atoms with van der Waals surface area (Å²) in [5.74, 6) is 0.455. The molecule has 0 spiro atoms. The number of likely N-dealkylation sites (tertiary alicyclic amines) is 1. The number of nitrogens with two attached hydrogens (primary N) is 1. The molecule has 6 heteroatoms. The largest absolute Gasteiger partial charge is 0.334 e. The molecule has 2 aromatic rings. The van der Waals surface area contributed by atoms with Gasteiger partial charge in [0.25, 0.3) is 5.91 Å². The molecule has 0 aliphatic carbocycles. The Kier molecular flexibility index (Phi) is 3.87. The third-order valence-corrected chi connectivity index (χ3v) is 5.59. The Balaban J connectivity index is 1.78. The minimum Gasteiger partial charge on any atom is -0.334 e. The van der Waals surface area contributed by atoms with Gasteiger partial charge in [0, 0.05) is 18.0 Å². The molecule has 1 fully saturated rings. The number of nitrogens with zero attached hydrogens (tertiary/aromatic N) is 2. The molecule has 0 saturated carbocycles. The third kappa shape index (κ3) is 2.51. The fraction of sp³-hybridized carbons (Fsp3) is 0.429. The second-order valence-electron chi connectivity index (χ2n) is 5.16. The molecular weight excluding hydrogens is 290 g/mol. The minimum absolute atomic E-state index is 0.0347. The van der Waals surface area contributed by atoms with Crippen molar-refractivity contribution in [3.05, 3.63) is 28.6 Å². The average molecular weight is 307 g/mol. The molecule has 3 rings (SSSR count). The Bertz CT molecular complexity index is 593. The van der Waals surface area contributed by atoms with Gasteiger partial charge in [-0.3, -0.25) is 4.79 Å². The van der Waals surface area contributed by atoms with Crippen molar-refractivity contribution in [2.24, 2.45) is 11.7 Å². The Hall–Kier alpha value is -1.24. The Morgan fingerprint density at radius 3 is 3.05 bits per heavy atom. The summed E-state index contributed by atoms with van der Waals surface area (Å²) in [6, 6.07) is 4.28. The summed E-state index contributed by atoms with van der Waals surface area (Å²) in [7, 11) is 0. The summed E-state index contributed by atoms with van der Waals surface area (Å²) in [6.45, 7) is 3.48. The van der Waals surface area contributed by atoms with Crippen molar-refractivity contribution in [1.82, 2.24) is 9.88 Å². The highest BCUT2D eigenvalue weighted by Gasteiger charge is 2.33. The van der Waals surface area contributed by atoms with Crippen molar-refractivity contribution in [2.45, 2.75) is 19.4 Å². The SMILES string of the molecule is CC1CC(CN)CN1C(=O)c1csc(-c2cccs2)n1. The molecule has 0 bridgehead atoms. The molecule has 106 valence electrons. The molecule has 4 nitrogen and oxygen atoms in total. The molecule has 1 saturated heterocycles. The molecule has 3 heterocycles. The standard InChI is InChI=1S/C14H17N3OS2/c1-9-5-10(6-15)7-17(9)14(18)11-8-20-13(16-11)12-3-2-4-19-12/h2-4,8-10H,5-7,15H2,1H3. The summed E-state index contributed by atoms with van der Waals surface area (Å²) >= 11 is 3.17. The maximum absolute atomic E-state index is 12.5. The normalized spacial score (nSPS) is 22.4. The molecule has 1 amide bonds. The van der Waals surface area contributed by atoms with Crippen molar-refractivity contribution in [1.29, 1.82) is 0 Å². The van der Waals surface area contributed by atoms with Gasteiger partial charge in [-0.05, 0) is 37.3 Å². The van der Waals surface area contributed by atoms with Crippen LogP contribution in [0.1, 0.15) is 23.8 Å². The molecule has 2 N–H and O–H groups in total. The van der Waals surface area contributed by atoms with Gasteiger partial charge < -0.3 is 10.6 Å². The number of carbonyl (C=O) groups is 1. The van der Waals surface area contributed by atoms with Gasteiger partial charge in [-0.2, -0.15) is 0 Å². The van der Waals surface area contributed by atoms with E-state index in [0.29, 0.717) is 18.2 Å². The Morgan fingerprint density at radius 1 is 1.55 bits per heavy atom. The summed E-state index contributed by atoms with van der Waals surface area (Å²) in [6.07, 6.45) is 0.990. The van der Waals surface area contributed by atoms with Gasteiger partial charge in [-0.15, -0.1) is 22.7 Å². The van der Waals surface area contributed by atoms with E-state index >= 15 is 0 Å². The summed E-state index contributed by atoms with van der Waals surface area (Å²) < 4.78 is 0. The van der Waals surface area contributed by atoms with Crippen LogP contribution in [0.2, 0.25) is 0 Å². The number of amides is 1. The van der Waals surface area contributed by atoms with Crippen LogP contribution in [-0.2, 0) is 0 Å². The van der Waals surface area contributed by atoms with Crippen LogP contribution >= 0.6 is 22.7 Å². The van der Waals surface area contributed by atoms with Crippen LogP contribution in [0.25, 0.3) is 9.88 Å². The van der Waals surface area contributed by atoms with Crippen LogP contribution in [0.3, 0.4) is 0 Å². The number of rotatable bonds is 3. The number of hydrogen-bond donors (Lipinski definition) is 1. The summed E-state index contributed by atoms with van der Waals surface area (Å²) in [5.41, 5.74) is 6.27. The lowest BCUT2D eigenvalue weighted by Crippen LogP contribution is -2.34. The highest BCUT2D eigenvalue weighted by molar-refractivity contribution is 7.20. The lowest BCUT2D eigenvalue weighted by Gasteiger charge is -2.20. The second-order valence-corrected chi connectivity index (χ2v) is 6.96. The first-order chi connectivity index (χ1) is 9.69. The minimum atomic E-state index is 0.0347. The lowest BCUT2D eigenvalue weighted by molar-refractivity contribution is 0.0738. The molecule has 2 unspecified atom stereocenters. The average Bonchev–Trinajstić information content (AvgIpc) is 3.17. The highest BCUT2D eigenvalue weighted by atomic mass is 32.1. The van der Waals surface area contributed by atoms with E-state index in [4.69, 9.17) is 5.73 Å². The predicted molar refractivity (Wildman–Crippen MR) is 83.1 cm³/mol. The second kappa shape index (κ2) is 5.63. The Labute approximate surface area is 126 Å². The summed E-state index contributed by atoms with van der Waals surface area (Å²) in [5, 5.41) is 4.80. The monoisotopic (exact) mass is 307 g/mol. The summed E-state index contributed by atoms with van der Waals surface area (Å²) in [4.78, 5) is 20.0. The first kappa shape index (κ1) is 13.7. The van der Waals surface area contributed by atoms with Crippen LogP contribution in [0, 0.1) is 5.92 Å². The van der Waals surface area contributed by atoms with E-state index in [0.717, 1.165) is 22.9 Å². The van der Waals surface area contributed by atoms with Crippen molar-refractivity contribution in [3.8, 4) is 9.88 Å². The van der Waals surface area contributed by atoms with E-state index in [9.17, 15) is 4.79 Å².